The van der Waals surface area contributed by atoms with Crippen molar-refractivity contribution in [2.45, 2.75) is 65.6 Å². The maximum Gasteiger partial charge on any atom is 0.303 e. The minimum atomic E-state index is -0.602. The minimum Gasteiger partial charge on any atom is -0.458 e. The predicted molar refractivity (Wildman–Crippen MR) is 70.9 cm³/mol. The van der Waals surface area contributed by atoms with Crippen molar-refractivity contribution in [1.29, 1.82) is 0 Å². The normalized spacial score (nSPS) is 30.1. The molecule has 1 rings (SSSR count). The van der Waals surface area contributed by atoms with Crippen molar-refractivity contribution in [1.82, 2.24) is 0 Å². The second-order valence-electron chi connectivity index (χ2n) is 5.46. The van der Waals surface area contributed by atoms with E-state index in [1.807, 2.05) is 13.8 Å². The van der Waals surface area contributed by atoms with E-state index in [9.17, 15) is 9.59 Å². The van der Waals surface area contributed by atoms with Gasteiger partial charge in [-0.05, 0) is 12.8 Å². The summed E-state index contributed by atoms with van der Waals surface area (Å²) in [5.41, 5.74) is 0. The summed E-state index contributed by atoms with van der Waals surface area (Å²) >= 11 is 0. The summed E-state index contributed by atoms with van der Waals surface area (Å²) in [5, 5.41) is 0. The van der Waals surface area contributed by atoms with Crippen molar-refractivity contribution < 1.29 is 28.5 Å². The SMILES string of the molecule is CC(=O)O[C@@H]1[C@@H](C)O[C@@H](OCC(C)C)C[C@H]1OC(C)=O. The second-order valence-corrected chi connectivity index (χ2v) is 5.46. The quantitative estimate of drug-likeness (QED) is 0.716. The van der Waals surface area contributed by atoms with E-state index in [1.165, 1.54) is 13.8 Å². The summed E-state index contributed by atoms with van der Waals surface area (Å²) in [5.74, 6) is -0.458. The first-order valence-corrected chi connectivity index (χ1v) is 6.91. The number of hydrogen-bond acceptors (Lipinski definition) is 6. The number of carbonyl (C=O) groups excluding carboxylic acids is 2. The Morgan fingerprint density at radius 1 is 1.20 bits per heavy atom. The fraction of sp³-hybridized carbons (Fsp3) is 0.857. The molecular formula is C14H24O6. The van der Waals surface area contributed by atoms with Crippen LogP contribution in [-0.2, 0) is 28.5 Å². The van der Waals surface area contributed by atoms with E-state index >= 15 is 0 Å². The highest BCUT2D eigenvalue weighted by molar-refractivity contribution is 5.67. The Bertz CT molecular complexity index is 341. The molecule has 116 valence electrons. The molecule has 1 saturated heterocycles. The van der Waals surface area contributed by atoms with Gasteiger partial charge >= 0.3 is 11.9 Å². The van der Waals surface area contributed by atoms with E-state index < -0.39 is 36.5 Å². The van der Waals surface area contributed by atoms with E-state index in [0.717, 1.165) is 0 Å². The van der Waals surface area contributed by atoms with Crippen molar-refractivity contribution in [3.05, 3.63) is 0 Å². The van der Waals surface area contributed by atoms with Crippen molar-refractivity contribution in [3.8, 4) is 0 Å². The molecule has 1 fully saturated rings. The van der Waals surface area contributed by atoms with Crippen LogP contribution in [0.2, 0.25) is 0 Å². The molecule has 1 aliphatic heterocycles. The van der Waals surface area contributed by atoms with E-state index in [0.29, 0.717) is 18.9 Å². The number of rotatable bonds is 5. The Kier molecular flexibility index (Phi) is 6.42. The highest BCUT2D eigenvalue weighted by Gasteiger charge is 2.41. The van der Waals surface area contributed by atoms with Crippen LogP contribution in [0.3, 0.4) is 0 Å². The molecule has 20 heavy (non-hydrogen) atoms. The molecule has 1 aliphatic rings. The van der Waals surface area contributed by atoms with Crippen molar-refractivity contribution in [2.24, 2.45) is 5.92 Å². The largest absolute Gasteiger partial charge is 0.458 e. The highest BCUT2D eigenvalue weighted by atomic mass is 16.7. The van der Waals surface area contributed by atoms with Gasteiger partial charge in [-0.25, -0.2) is 0 Å². The molecule has 0 unspecified atom stereocenters. The average molecular weight is 288 g/mol. The van der Waals surface area contributed by atoms with Gasteiger partial charge in [0.05, 0.1) is 12.7 Å². The molecule has 0 radical (unpaired) electrons. The number of carbonyl (C=O) groups is 2. The third-order valence-corrected chi connectivity index (χ3v) is 2.86. The summed E-state index contributed by atoms with van der Waals surface area (Å²) in [4.78, 5) is 22.3. The third-order valence-electron chi connectivity index (χ3n) is 2.86. The van der Waals surface area contributed by atoms with Crippen LogP contribution in [-0.4, -0.2) is 43.1 Å². The third kappa shape index (κ3) is 5.46. The lowest BCUT2D eigenvalue weighted by molar-refractivity contribution is -0.257. The molecule has 0 aliphatic carbocycles. The van der Waals surface area contributed by atoms with Crippen LogP contribution in [0.4, 0.5) is 0 Å². The van der Waals surface area contributed by atoms with Crippen LogP contribution in [0.15, 0.2) is 0 Å². The summed E-state index contributed by atoms with van der Waals surface area (Å²) < 4.78 is 21.7. The van der Waals surface area contributed by atoms with Gasteiger partial charge in [0.1, 0.15) is 6.10 Å². The standard InChI is InChI=1S/C14H24O6/c1-8(2)7-17-13-6-12(19-10(4)15)14(9(3)18-13)20-11(5)16/h8-9,12-14H,6-7H2,1-5H3/t9-,12-,13-,14-/m1/s1. The van der Waals surface area contributed by atoms with Gasteiger partial charge in [0.2, 0.25) is 0 Å². The average Bonchev–Trinajstić information content (AvgIpc) is 2.29. The van der Waals surface area contributed by atoms with Gasteiger partial charge in [0.25, 0.3) is 0 Å². The molecule has 0 aromatic heterocycles. The molecule has 0 N–H and O–H groups in total. The molecule has 6 nitrogen and oxygen atoms in total. The van der Waals surface area contributed by atoms with Crippen molar-refractivity contribution >= 4 is 11.9 Å². The molecule has 0 spiro atoms. The minimum absolute atomic E-state index is 0.356. The maximum atomic E-state index is 11.2. The Labute approximate surface area is 119 Å². The first-order valence-electron chi connectivity index (χ1n) is 6.91. The van der Waals surface area contributed by atoms with Gasteiger partial charge in [0, 0.05) is 20.3 Å². The van der Waals surface area contributed by atoms with Crippen LogP contribution in [0.25, 0.3) is 0 Å². The summed E-state index contributed by atoms with van der Waals surface area (Å²) in [6.07, 6.45) is -1.64. The van der Waals surface area contributed by atoms with Crippen LogP contribution >= 0.6 is 0 Å². The first kappa shape index (κ1) is 16.9. The Hall–Kier alpha value is -1.14. The first-order chi connectivity index (χ1) is 9.29. The highest BCUT2D eigenvalue weighted by Crippen LogP contribution is 2.26. The molecule has 4 atom stereocenters. The van der Waals surface area contributed by atoms with Crippen molar-refractivity contribution in [3.63, 3.8) is 0 Å². The molecule has 0 aromatic rings. The van der Waals surface area contributed by atoms with Crippen LogP contribution in [0.1, 0.15) is 41.0 Å². The maximum absolute atomic E-state index is 11.2. The van der Waals surface area contributed by atoms with E-state index in [1.54, 1.807) is 6.92 Å². The van der Waals surface area contributed by atoms with E-state index in [4.69, 9.17) is 18.9 Å². The molecule has 0 bridgehead atoms. The lowest BCUT2D eigenvalue weighted by Gasteiger charge is -2.39. The fourth-order valence-corrected chi connectivity index (χ4v) is 2.10. The number of ether oxygens (including phenoxy) is 4. The van der Waals surface area contributed by atoms with Crippen molar-refractivity contribution in [2.75, 3.05) is 6.61 Å². The zero-order valence-electron chi connectivity index (χ0n) is 12.8. The zero-order chi connectivity index (χ0) is 15.3. The lowest BCUT2D eigenvalue weighted by Crippen LogP contribution is -2.51. The van der Waals surface area contributed by atoms with E-state index in [-0.39, 0.29) is 0 Å². The molecule has 6 heteroatoms. The Morgan fingerprint density at radius 3 is 2.30 bits per heavy atom. The predicted octanol–water partition coefficient (Wildman–Crippen LogP) is 1.66. The molecule has 0 amide bonds. The van der Waals surface area contributed by atoms with Gasteiger partial charge in [-0.15, -0.1) is 0 Å². The molecule has 1 heterocycles. The fourth-order valence-electron chi connectivity index (χ4n) is 2.10. The molecule has 0 saturated carbocycles. The Balaban J connectivity index is 2.68. The van der Waals surface area contributed by atoms with Gasteiger partial charge in [0.15, 0.2) is 12.4 Å². The Morgan fingerprint density at radius 2 is 1.80 bits per heavy atom. The summed E-state index contributed by atoms with van der Waals surface area (Å²) in [6.45, 7) is 9.06. The van der Waals surface area contributed by atoms with E-state index in [2.05, 4.69) is 0 Å². The monoisotopic (exact) mass is 288 g/mol. The second kappa shape index (κ2) is 7.59. The topological polar surface area (TPSA) is 71.1 Å². The molecule has 0 aromatic carbocycles. The number of hydrogen-bond donors (Lipinski definition) is 0. The summed E-state index contributed by atoms with van der Waals surface area (Å²) in [7, 11) is 0. The van der Waals surface area contributed by atoms with Gasteiger partial charge < -0.3 is 18.9 Å². The van der Waals surface area contributed by atoms with Crippen LogP contribution in [0.5, 0.6) is 0 Å². The van der Waals surface area contributed by atoms with Crippen LogP contribution in [0, 0.1) is 5.92 Å². The zero-order valence-corrected chi connectivity index (χ0v) is 12.8. The smallest absolute Gasteiger partial charge is 0.303 e. The lowest BCUT2D eigenvalue weighted by atomic mass is 10.0. The van der Waals surface area contributed by atoms with Gasteiger partial charge in [-0.2, -0.15) is 0 Å². The summed E-state index contributed by atoms with van der Waals surface area (Å²) in [6, 6.07) is 0. The van der Waals surface area contributed by atoms with Crippen LogP contribution < -0.4 is 0 Å². The molecular weight excluding hydrogens is 264 g/mol. The number of esters is 2. The van der Waals surface area contributed by atoms with Gasteiger partial charge in [-0.1, -0.05) is 13.8 Å². The van der Waals surface area contributed by atoms with Gasteiger partial charge in [-0.3, -0.25) is 9.59 Å².